The molecule has 14 heavy (non-hydrogen) atoms. The van der Waals surface area contributed by atoms with Crippen LogP contribution in [0, 0.1) is 0 Å². The Morgan fingerprint density at radius 2 is 2.14 bits per heavy atom. The molecular weight excluding hydrogens is 194 g/mol. The Labute approximate surface area is 89.0 Å². The second-order valence-electron chi connectivity index (χ2n) is 3.48. The Morgan fingerprint density at radius 1 is 1.36 bits per heavy atom. The third-order valence-corrected chi connectivity index (χ3v) is 3.67. The van der Waals surface area contributed by atoms with Gasteiger partial charge in [0.1, 0.15) is 11.8 Å². The van der Waals surface area contributed by atoms with Crippen LogP contribution < -0.4 is 10.1 Å². The van der Waals surface area contributed by atoms with Crippen molar-refractivity contribution in [1.29, 1.82) is 0 Å². The second kappa shape index (κ2) is 4.71. The van der Waals surface area contributed by atoms with E-state index in [1.165, 1.54) is 23.6 Å². The Morgan fingerprint density at radius 3 is 2.71 bits per heavy atom. The molecule has 0 radical (unpaired) electrons. The highest BCUT2D eigenvalue weighted by Crippen LogP contribution is 2.19. The van der Waals surface area contributed by atoms with Crippen molar-refractivity contribution < 1.29 is 10.1 Å². The molecular formula is C11H16NOS+. The molecule has 1 saturated heterocycles. The molecule has 0 spiro atoms. The number of thioether (sulfide) groups is 1. The zero-order chi connectivity index (χ0) is 9.80. The average Bonchev–Trinajstić information content (AvgIpc) is 2.30. The highest BCUT2D eigenvalue weighted by atomic mass is 32.2. The van der Waals surface area contributed by atoms with E-state index < -0.39 is 0 Å². The lowest BCUT2D eigenvalue weighted by molar-refractivity contribution is -0.689. The fourth-order valence-electron chi connectivity index (χ4n) is 1.71. The molecule has 0 saturated carbocycles. The van der Waals surface area contributed by atoms with Crippen LogP contribution in [0.4, 0.5) is 0 Å². The first kappa shape index (κ1) is 9.87. The van der Waals surface area contributed by atoms with Gasteiger partial charge >= 0.3 is 0 Å². The Kier molecular flexibility index (Phi) is 3.32. The van der Waals surface area contributed by atoms with E-state index >= 15 is 0 Å². The van der Waals surface area contributed by atoms with Gasteiger partial charge < -0.3 is 10.1 Å². The summed E-state index contributed by atoms with van der Waals surface area (Å²) in [5.74, 6) is 3.45. The van der Waals surface area contributed by atoms with Gasteiger partial charge in [-0.15, -0.1) is 11.8 Å². The molecule has 0 bridgehead atoms. The molecule has 3 heteroatoms. The van der Waals surface area contributed by atoms with E-state index in [0.29, 0.717) is 6.04 Å². The summed E-state index contributed by atoms with van der Waals surface area (Å²) in [5.41, 5.74) is 1.41. The standard InChI is InChI=1S/C11H15NOS/c1-13-10-4-2-9(3-5-10)11-8-14-7-6-12-11/h2-5,11-12H,6-8H2,1H3/p+1/t11-/m0/s1. The Bertz CT molecular complexity index is 280. The van der Waals surface area contributed by atoms with Crippen molar-refractivity contribution in [2.24, 2.45) is 0 Å². The van der Waals surface area contributed by atoms with E-state index in [2.05, 4.69) is 17.4 Å². The molecule has 1 aliphatic rings. The van der Waals surface area contributed by atoms with Gasteiger partial charge in [0.2, 0.25) is 0 Å². The Hall–Kier alpha value is -0.670. The Balaban J connectivity index is 2.07. The maximum Gasteiger partial charge on any atom is 0.121 e. The van der Waals surface area contributed by atoms with Gasteiger partial charge in [0.05, 0.1) is 19.4 Å². The van der Waals surface area contributed by atoms with Crippen LogP contribution in [0.2, 0.25) is 0 Å². The number of quaternary nitrogens is 1. The van der Waals surface area contributed by atoms with Gasteiger partial charge in [0, 0.05) is 11.3 Å². The largest absolute Gasteiger partial charge is 0.497 e. The van der Waals surface area contributed by atoms with Gasteiger partial charge in [-0.2, -0.15) is 0 Å². The molecule has 1 fully saturated rings. The lowest BCUT2D eigenvalue weighted by Crippen LogP contribution is -2.87. The van der Waals surface area contributed by atoms with Gasteiger partial charge in [0.15, 0.2) is 0 Å². The molecule has 2 rings (SSSR count). The number of nitrogens with two attached hydrogens (primary N) is 1. The average molecular weight is 210 g/mol. The smallest absolute Gasteiger partial charge is 0.121 e. The van der Waals surface area contributed by atoms with Crippen LogP contribution in [-0.2, 0) is 0 Å². The van der Waals surface area contributed by atoms with Crippen molar-refractivity contribution in [3.63, 3.8) is 0 Å². The molecule has 76 valence electrons. The molecule has 1 atom stereocenters. The molecule has 1 aromatic carbocycles. The van der Waals surface area contributed by atoms with Crippen LogP contribution in [-0.4, -0.2) is 25.2 Å². The molecule has 1 aromatic rings. The molecule has 0 aromatic heterocycles. The molecule has 2 N–H and O–H groups in total. The van der Waals surface area contributed by atoms with Crippen LogP contribution >= 0.6 is 11.8 Å². The van der Waals surface area contributed by atoms with Crippen molar-refractivity contribution in [2.75, 3.05) is 25.2 Å². The van der Waals surface area contributed by atoms with Crippen LogP contribution in [0.25, 0.3) is 0 Å². The summed E-state index contributed by atoms with van der Waals surface area (Å²) in [6, 6.07) is 9.07. The number of hydrogen-bond donors (Lipinski definition) is 1. The topological polar surface area (TPSA) is 25.8 Å². The first-order chi connectivity index (χ1) is 6.90. The van der Waals surface area contributed by atoms with E-state index in [1.807, 2.05) is 23.9 Å². The summed E-state index contributed by atoms with van der Waals surface area (Å²) in [4.78, 5) is 0. The molecule has 2 nitrogen and oxygen atoms in total. The van der Waals surface area contributed by atoms with Crippen molar-refractivity contribution in [3.05, 3.63) is 29.8 Å². The van der Waals surface area contributed by atoms with Gasteiger partial charge in [-0.3, -0.25) is 0 Å². The minimum atomic E-state index is 0.639. The predicted molar refractivity (Wildman–Crippen MR) is 59.9 cm³/mol. The fraction of sp³-hybridized carbons (Fsp3) is 0.455. The van der Waals surface area contributed by atoms with E-state index in [9.17, 15) is 0 Å². The zero-order valence-corrected chi connectivity index (χ0v) is 9.22. The van der Waals surface area contributed by atoms with Gasteiger partial charge in [0.25, 0.3) is 0 Å². The number of benzene rings is 1. The third kappa shape index (κ3) is 2.22. The summed E-state index contributed by atoms with van der Waals surface area (Å²) in [5, 5.41) is 2.43. The van der Waals surface area contributed by atoms with Crippen molar-refractivity contribution in [1.82, 2.24) is 0 Å². The quantitative estimate of drug-likeness (QED) is 0.789. The zero-order valence-electron chi connectivity index (χ0n) is 8.40. The van der Waals surface area contributed by atoms with Crippen LogP contribution in [0.5, 0.6) is 5.75 Å². The lowest BCUT2D eigenvalue weighted by atomic mass is 10.1. The van der Waals surface area contributed by atoms with E-state index in [1.54, 1.807) is 7.11 Å². The fourth-order valence-corrected chi connectivity index (χ4v) is 2.77. The van der Waals surface area contributed by atoms with Crippen molar-refractivity contribution in [2.45, 2.75) is 6.04 Å². The predicted octanol–water partition coefficient (Wildman–Crippen LogP) is 1.05. The monoisotopic (exact) mass is 210 g/mol. The lowest BCUT2D eigenvalue weighted by Gasteiger charge is -2.20. The number of ether oxygens (including phenoxy) is 1. The van der Waals surface area contributed by atoms with Crippen LogP contribution in [0.1, 0.15) is 11.6 Å². The van der Waals surface area contributed by atoms with Crippen molar-refractivity contribution in [3.8, 4) is 5.75 Å². The molecule has 0 aliphatic carbocycles. The van der Waals surface area contributed by atoms with E-state index in [4.69, 9.17) is 4.74 Å². The minimum absolute atomic E-state index is 0.639. The molecule has 1 heterocycles. The van der Waals surface area contributed by atoms with E-state index in [0.717, 1.165) is 5.75 Å². The third-order valence-electron chi connectivity index (χ3n) is 2.55. The summed E-state index contributed by atoms with van der Waals surface area (Å²) in [6.45, 7) is 1.24. The van der Waals surface area contributed by atoms with Gasteiger partial charge in [-0.25, -0.2) is 0 Å². The second-order valence-corrected chi connectivity index (χ2v) is 4.63. The number of hydrogen-bond acceptors (Lipinski definition) is 2. The minimum Gasteiger partial charge on any atom is -0.497 e. The first-order valence-corrected chi connectivity index (χ1v) is 6.10. The first-order valence-electron chi connectivity index (χ1n) is 4.95. The maximum absolute atomic E-state index is 5.14. The van der Waals surface area contributed by atoms with Crippen LogP contribution in [0.3, 0.4) is 0 Å². The summed E-state index contributed by atoms with van der Waals surface area (Å²) in [7, 11) is 1.71. The molecule has 0 amide bonds. The van der Waals surface area contributed by atoms with Gasteiger partial charge in [-0.1, -0.05) is 0 Å². The number of rotatable bonds is 2. The van der Waals surface area contributed by atoms with Gasteiger partial charge in [-0.05, 0) is 24.3 Å². The molecule has 0 unspecified atom stereocenters. The highest BCUT2D eigenvalue weighted by molar-refractivity contribution is 7.99. The molecule has 1 aliphatic heterocycles. The number of methoxy groups -OCH3 is 1. The SMILES string of the molecule is COc1ccc([C@@H]2CSCC[NH2+]2)cc1. The normalized spacial score (nSPS) is 21.9. The summed E-state index contributed by atoms with van der Waals surface area (Å²) >= 11 is 2.05. The van der Waals surface area contributed by atoms with Crippen LogP contribution in [0.15, 0.2) is 24.3 Å². The summed E-state index contributed by atoms with van der Waals surface area (Å²) < 4.78 is 5.14. The highest BCUT2D eigenvalue weighted by Gasteiger charge is 2.18. The summed E-state index contributed by atoms with van der Waals surface area (Å²) in [6.07, 6.45) is 0. The van der Waals surface area contributed by atoms with Crippen molar-refractivity contribution >= 4 is 11.8 Å². The van der Waals surface area contributed by atoms with E-state index in [-0.39, 0.29) is 0 Å². The maximum atomic E-state index is 5.14.